The van der Waals surface area contributed by atoms with Gasteiger partial charge < -0.3 is 14.6 Å². The van der Waals surface area contributed by atoms with Gasteiger partial charge in [0.25, 0.3) is 0 Å². The van der Waals surface area contributed by atoms with E-state index in [0.717, 1.165) is 109 Å². The third-order valence-corrected chi connectivity index (χ3v) is 15.4. The van der Waals surface area contributed by atoms with Crippen LogP contribution in [0.1, 0.15) is 335 Å². The molecule has 0 heterocycles. The Balaban J connectivity index is 3.46. The summed E-state index contributed by atoms with van der Waals surface area (Å²) in [6.45, 7) is 3.94. The lowest BCUT2D eigenvalue weighted by Gasteiger charge is -2.15. The molecule has 1 N–H and O–H groups in total. The van der Waals surface area contributed by atoms with Crippen LogP contribution in [0.3, 0.4) is 0 Å². The summed E-state index contributed by atoms with van der Waals surface area (Å²) in [6.07, 6.45) is 109. The summed E-state index contributed by atoms with van der Waals surface area (Å²) in [4.78, 5) is 24.7. The van der Waals surface area contributed by atoms with E-state index < -0.39 is 6.10 Å². The Hall–Kier alpha value is -3.96. The number of carbonyl (C=O) groups is 2. The van der Waals surface area contributed by atoms with Crippen molar-refractivity contribution in [2.45, 2.75) is 341 Å². The Kier molecular flexibility index (Phi) is 69.8. The van der Waals surface area contributed by atoms with Crippen LogP contribution in [0.15, 0.2) is 134 Å². The number of ether oxygens (including phenoxy) is 2. The van der Waals surface area contributed by atoms with Crippen molar-refractivity contribution >= 4 is 11.9 Å². The van der Waals surface area contributed by atoms with Crippen molar-refractivity contribution in [3.63, 3.8) is 0 Å². The molecule has 480 valence electrons. The molecule has 1 unspecified atom stereocenters. The van der Waals surface area contributed by atoms with Gasteiger partial charge in [-0.15, -0.1) is 0 Å². The first-order chi connectivity index (χ1) is 41.6. The molecule has 0 spiro atoms. The highest BCUT2D eigenvalue weighted by Gasteiger charge is 2.16. The van der Waals surface area contributed by atoms with E-state index in [1.54, 1.807) is 0 Å². The number of esters is 2. The molecule has 0 saturated carbocycles. The molecule has 5 nitrogen and oxygen atoms in total. The predicted molar refractivity (Wildman–Crippen MR) is 371 cm³/mol. The number of aliphatic hydroxyl groups excluding tert-OH is 1. The molecule has 0 amide bonds. The third-order valence-electron chi connectivity index (χ3n) is 15.4. The summed E-state index contributed by atoms with van der Waals surface area (Å²) in [7, 11) is 0. The standard InChI is InChI=1S/C79H134O5/c1-3-5-7-9-11-13-15-17-19-21-23-25-27-29-31-33-35-37-39-41-43-45-47-49-51-53-55-57-59-61-63-65-67-69-71-73-78(81)83-76-77(75-80)84-79(82)74-72-70-68-66-64-62-60-58-56-54-52-50-48-46-44-42-40-38-36-34-32-30-28-26-24-22-20-18-16-14-12-10-8-6-4-2/h5-8,11-14,17-20,23-26,30,32,36,38,42,44,77,80H,3-4,9-10,15-16,21-22,27-29,31,33-35,37,39-41,43,45-76H2,1-2H3/b7-5-,8-6-,13-11-,14-12-,19-17-,20-18-,25-23-,26-24-,32-30-,38-36-,44-42-. The van der Waals surface area contributed by atoms with Crippen molar-refractivity contribution in [1.29, 1.82) is 0 Å². The molecule has 5 heteroatoms. The van der Waals surface area contributed by atoms with Crippen molar-refractivity contribution in [2.75, 3.05) is 13.2 Å². The molecule has 0 rings (SSSR count). The second kappa shape index (κ2) is 73.3. The van der Waals surface area contributed by atoms with Gasteiger partial charge in [0.15, 0.2) is 6.10 Å². The van der Waals surface area contributed by atoms with Gasteiger partial charge in [0.2, 0.25) is 0 Å². The van der Waals surface area contributed by atoms with Gasteiger partial charge in [-0.2, -0.15) is 0 Å². The molecule has 0 aromatic heterocycles. The van der Waals surface area contributed by atoms with E-state index in [2.05, 4.69) is 148 Å². The Morgan fingerprint density at radius 3 is 0.714 bits per heavy atom. The first-order valence-corrected chi connectivity index (χ1v) is 35.7. The van der Waals surface area contributed by atoms with E-state index >= 15 is 0 Å². The normalized spacial score (nSPS) is 13.0. The lowest BCUT2D eigenvalue weighted by atomic mass is 10.0. The molecule has 84 heavy (non-hydrogen) atoms. The molecule has 0 aliphatic rings. The second-order valence-corrected chi connectivity index (χ2v) is 23.6. The van der Waals surface area contributed by atoms with Crippen LogP contribution in [0.25, 0.3) is 0 Å². The summed E-state index contributed by atoms with van der Waals surface area (Å²) >= 11 is 0. The minimum absolute atomic E-state index is 0.0681. The number of hydrogen-bond acceptors (Lipinski definition) is 5. The van der Waals surface area contributed by atoms with Crippen LogP contribution in [0.4, 0.5) is 0 Å². The summed E-state index contributed by atoms with van der Waals surface area (Å²) in [6, 6.07) is 0. The molecule has 0 aromatic carbocycles. The average Bonchev–Trinajstić information content (AvgIpc) is 3.51. The van der Waals surface area contributed by atoms with E-state index in [-0.39, 0.29) is 25.2 Å². The minimum Gasteiger partial charge on any atom is -0.462 e. The zero-order valence-electron chi connectivity index (χ0n) is 55.1. The Morgan fingerprint density at radius 2 is 0.476 bits per heavy atom. The van der Waals surface area contributed by atoms with Gasteiger partial charge in [-0.05, 0) is 109 Å². The zero-order chi connectivity index (χ0) is 60.5. The number of hydrogen-bond donors (Lipinski definition) is 1. The van der Waals surface area contributed by atoms with Crippen molar-refractivity contribution in [3.05, 3.63) is 134 Å². The number of allylic oxidation sites excluding steroid dienone is 22. The first kappa shape index (κ1) is 80.0. The molecule has 0 aliphatic heterocycles. The fourth-order valence-electron chi connectivity index (χ4n) is 10.2. The smallest absolute Gasteiger partial charge is 0.306 e. The Morgan fingerprint density at radius 1 is 0.274 bits per heavy atom. The van der Waals surface area contributed by atoms with Gasteiger partial charge in [0.1, 0.15) is 6.61 Å². The highest BCUT2D eigenvalue weighted by atomic mass is 16.6. The van der Waals surface area contributed by atoms with E-state index in [1.165, 1.54) is 199 Å². The van der Waals surface area contributed by atoms with Gasteiger partial charge in [-0.25, -0.2) is 0 Å². The number of carbonyl (C=O) groups excluding carboxylic acids is 2. The summed E-state index contributed by atoms with van der Waals surface area (Å²) in [5.74, 6) is -0.583. The van der Waals surface area contributed by atoms with Crippen molar-refractivity contribution in [2.24, 2.45) is 0 Å². The molecule has 1 atom stereocenters. The maximum absolute atomic E-state index is 12.4. The maximum atomic E-state index is 12.4. The van der Waals surface area contributed by atoms with Gasteiger partial charge in [0.05, 0.1) is 6.61 Å². The van der Waals surface area contributed by atoms with Gasteiger partial charge >= 0.3 is 11.9 Å². The van der Waals surface area contributed by atoms with Crippen LogP contribution in [0.2, 0.25) is 0 Å². The summed E-state index contributed by atoms with van der Waals surface area (Å²) in [5.41, 5.74) is 0. The SMILES string of the molecule is CC/C=C\C/C=C\C/C=C\C/C=C\C/C=C\C/C=C\C/C=C\CCCCCCCCCCCCCCCC(=O)OC(CO)COC(=O)CCCCCCCCCCCCCCCCCCCCCCCC/C=C\C/C=C\C/C=C\C/C=C\CC. The average molecular weight is 1160 g/mol. The Bertz CT molecular complexity index is 1700. The fraction of sp³-hybridized carbons (Fsp3) is 0.696. The van der Waals surface area contributed by atoms with Crippen LogP contribution >= 0.6 is 0 Å². The van der Waals surface area contributed by atoms with Crippen LogP contribution in [0, 0.1) is 0 Å². The number of aliphatic hydroxyl groups is 1. The molecule has 0 saturated heterocycles. The van der Waals surface area contributed by atoms with E-state index in [0.29, 0.717) is 12.8 Å². The second-order valence-electron chi connectivity index (χ2n) is 23.6. The molecule has 0 bridgehead atoms. The maximum Gasteiger partial charge on any atom is 0.306 e. The van der Waals surface area contributed by atoms with E-state index in [4.69, 9.17) is 9.47 Å². The van der Waals surface area contributed by atoms with E-state index in [1.807, 2.05) is 0 Å². The minimum atomic E-state index is -0.780. The summed E-state index contributed by atoms with van der Waals surface area (Å²) < 4.78 is 10.8. The number of unbranched alkanes of at least 4 members (excludes halogenated alkanes) is 35. The van der Waals surface area contributed by atoms with Crippen molar-refractivity contribution in [1.82, 2.24) is 0 Å². The van der Waals surface area contributed by atoms with Crippen LogP contribution in [0.5, 0.6) is 0 Å². The molecular weight excluding hydrogens is 1030 g/mol. The van der Waals surface area contributed by atoms with Crippen LogP contribution in [-0.2, 0) is 19.1 Å². The van der Waals surface area contributed by atoms with E-state index in [9.17, 15) is 14.7 Å². The van der Waals surface area contributed by atoms with Gasteiger partial charge in [0, 0.05) is 12.8 Å². The molecule has 0 aliphatic carbocycles. The molecule has 0 radical (unpaired) electrons. The highest BCUT2D eigenvalue weighted by molar-refractivity contribution is 5.70. The quantitative estimate of drug-likeness (QED) is 0.0373. The lowest BCUT2D eigenvalue weighted by molar-refractivity contribution is -0.161. The predicted octanol–water partition coefficient (Wildman–Crippen LogP) is 25.1. The fourth-order valence-corrected chi connectivity index (χ4v) is 10.2. The van der Waals surface area contributed by atoms with Crippen LogP contribution < -0.4 is 0 Å². The van der Waals surface area contributed by atoms with Gasteiger partial charge in [-0.3, -0.25) is 9.59 Å². The molecule has 0 aromatic rings. The van der Waals surface area contributed by atoms with Crippen molar-refractivity contribution in [3.8, 4) is 0 Å². The Labute approximate surface area is 521 Å². The number of rotatable bonds is 65. The first-order valence-electron chi connectivity index (χ1n) is 35.7. The molecule has 0 fully saturated rings. The highest BCUT2D eigenvalue weighted by Crippen LogP contribution is 2.18. The summed E-state index contributed by atoms with van der Waals surface area (Å²) in [5, 5.41) is 9.71. The van der Waals surface area contributed by atoms with Crippen molar-refractivity contribution < 1.29 is 24.2 Å². The monoisotopic (exact) mass is 1160 g/mol. The van der Waals surface area contributed by atoms with Gasteiger partial charge in [-0.1, -0.05) is 347 Å². The zero-order valence-corrected chi connectivity index (χ0v) is 55.1. The lowest BCUT2D eigenvalue weighted by Crippen LogP contribution is -2.28. The topological polar surface area (TPSA) is 72.8 Å². The van der Waals surface area contributed by atoms with Crippen LogP contribution in [-0.4, -0.2) is 36.4 Å². The largest absolute Gasteiger partial charge is 0.462 e. The third kappa shape index (κ3) is 70.5. The molecular formula is C79H134O5.